The van der Waals surface area contributed by atoms with Gasteiger partial charge < -0.3 is 10.1 Å². The normalized spacial score (nSPS) is 11.5. The number of aromatic nitrogens is 2. The Balaban J connectivity index is 1.47. The van der Waals surface area contributed by atoms with E-state index in [4.69, 9.17) is 4.74 Å². The number of carbonyl (C=O) groups excluding carboxylic acids is 1. The molecule has 0 unspecified atom stereocenters. The third-order valence-corrected chi connectivity index (χ3v) is 5.81. The zero-order valence-corrected chi connectivity index (χ0v) is 17.4. The zero-order chi connectivity index (χ0) is 22.9. The van der Waals surface area contributed by atoms with Crippen LogP contribution in [0.4, 0.5) is 17.6 Å². The van der Waals surface area contributed by atoms with Crippen molar-refractivity contribution in [2.45, 2.75) is 19.6 Å². The minimum absolute atomic E-state index is 0.0139. The lowest BCUT2D eigenvalue weighted by Crippen LogP contribution is -2.22. The molecule has 0 atom stereocenters. The molecule has 32 heavy (non-hydrogen) atoms. The molecule has 0 spiro atoms. The third kappa shape index (κ3) is 4.54. The molecule has 5 nitrogen and oxygen atoms in total. The third-order valence-electron chi connectivity index (χ3n) is 4.61. The van der Waals surface area contributed by atoms with E-state index in [1.807, 2.05) is 0 Å². The van der Waals surface area contributed by atoms with Gasteiger partial charge in [-0.2, -0.15) is 13.2 Å². The van der Waals surface area contributed by atoms with Gasteiger partial charge in [0.15, 0.2) is 11.6 Å². The van der Waals surface area contributed by atoms with E-state index in [0.29, 0.717) is 22.3 Å². The topological polar surface area (TPSA) is 64.1 Å². The summed E-state index contributed by atoms with van der Waals surface area (Å²) in [5, 5.41) is 3.14. The molecule has 1 N–H and O–H groups in total. The Morgan fingerprint density at radius 2 is 2.00 bits per heavy atom. The van der Waals surface area contributed by atoms with Crippen molar-refractivity contribution in [3.05, 3.63) is 82.4 Å². The number of alkyl halides is 3. The van der Waals surface area contributed by atoms with Gasteiger partial charge in [0.05, 0.1) is 11.1 Å². The van der Waals surface area contributed by atoms with Gasteiger partial charge in [0.1, 0.15) is 16.3 Å². The van der Waals surface area contributed by atoms with Crippen LogP contribution in [-0.2, 0) is 12.7 Å². The first kappa shape index (κ1) is 21.7. The van der Waals surface area contributed by atoms with Crippen LogP contribution in [0, 0.1) is 12.7 Å². The van der Waals surface area contributed by atoms with Gasteiger partial charge in [0.25, 0.3) is 5.91 Å². The van der Waals surface area contributed by atoms with E-state index in [1.165, 1.54) is 24.4 Å². The van der Waals surface area contributed by atoms with Crippen molar-refractivity contribution in [1.29, 1.82) is 0 Å². The van der Waals surface area contributed by atoms with Crippen LogP contribution in [0.1, 0.15) is 26.5 Å². The lowest BCUT2D eigenvalue weighted by Gasteiger charge is -2.09. The predicted octanol–water partition coefficient (Wildman–Crippen LogP) is 5.88. The highest BCUT2D eigenvalue weighted by Crippen LogP contribution is 2.34. The fourth-order valence-electron chi connectivity index (χ4n) is 3.01. The molecule has 0 saturated heterocycles. The van der Waals surface area contributed by atoms with Crippen molar-refractivity contribution >= 4 is 27.5 Å². The number of pyridine rings is 2. The number of rotatable bonds is 5. The number of amides is 1. The molecule has 4 aromatic rings. The Kier molecular flexibility index (Phi) is 5.79. The van der Waals surface area contributed by atoms with Crippen molar-refractivity contribution < 1.29 is 27.1 Å². The van der Waals surface area contributed by atoms with Gasteiger partial charge in [-0.3, -0.25) is 9.78 Å². The standard InChI is InChI=1S/C22H15F4N3O2S/c1-12-15-5-7-18(22(24,25)26)29-21(15)32-19(12)20(30)28-10-13-4-6-17(16(23)9-13)31-14-3-2-8-27-11-14/h2-9,11H,10H2,1H3,(H,28,30). The molecule has 10 heteroatoms. The number of aryl methyl sites for hydroxylation is 1. The highest BCUT2D eigenvalue weighted by atomic mass is 32.1. The average molecular weight is 461 g/mol. The monoisotopic (exact) mass is 461 g/mol. The summed E-state index contributed by atoms with van der Waals surface area (Å²) in [6.07, 6.45) is -1.54. The van der Waals surface area contributed by atoms with Crippen molar-refractivity contribution in [2.75, 3.05) is 0 Å². The molecule has 0 aliphatic carbocycles. The molecule has 164 valence electrons. The van der Waals surface area contributed by atoms with Gasteiger partial charge in [-0.25, -0.2) is 9.37 Å². The largest absolute Gasteiger partial charge is 0.453 e. The quantitative estimate of drug-likeness (QED) is 0.377. The zero-order valence-electron chi connectivity index (χ0n) is 16.5. The summed E-state index contributed by atoms with van der Waals surface area (Å²) in [4.78, 5) is 20.5. The number of nitrogens with one attached hydrogen (secondary N) is 1. The average Bonchev–Trinajstić information content (AvgIpc) is 3.10. The number of hydrogen-bond acceptors (Lipinski definition) is 5. The van der Waals surface area contributed by atoms with Gasteiger partial charge in [0, 0.05) is 18.1 Å². The van der Waals surface area contributed by atoms with Crippen molar-refractivity contribution in [3.63, 3.8) is 0 Å². The number of hydrogen-bond donors (Lipinski definition) is 1. The number of halogens is 4. The van der Waals surface area contributed by atoms with E-state index in [0.717, 1.165) is 17.4 Å². The molecule has 1 aromatic carbocycles. The van der Waals surface area contributed by atoms with E-state index >= 15 is 0 Å². The molecule has 0 bridgehead atoms. The van der Waals surface area contributed by atoms with E-state index in [1.54, 1.807) is 31.3 Å². The lowest BCUT2D eigenvalue weighted by atomic mass is 10.1. The lowest BCUT2D eigenvalue weighted by molar-refractivity contribution is -0.140. The Hall–Kier alpha value is -3.53. The summed E-state index contributed by atoms with van der Waals surface area (Å²) in [5.41, 5.74) is 0.0167. The summed E-state index contributed by atoms with van der Waals surface area (Å²) in [6, 6.07) is 9.78. The predicted molar refractivity (Wildman–Crippen MR) is 111 cm³/mol. The molecule has 4 rings (SSSR count). The Labute approximate surface area is 183 Å². The summed E-state index contributed by atoms with van der Waals surface area (Å²) >= 11 is 0.881. The Morgan fingerprint density at radius 3 is 2.69 bits per heavy atom. The number of fused-ring (bicyclic) bond motifs is 1. The number of carbonyl (C=O) groups is 1. The molecule has 0 radical (unpaired) electrons. The first-order valence-electron chi connectivity index (χ1n) is 9.34. The van der Waals surface area contributed by atoms with Crippen molar-refractivity contribution in [2.24, 2.45) is 0 Å². The second-order valence-electron chi connectivity index (χ2n) is 6.84. The van der Waals surface area contributed by atoms with Crippen molar-refractivity contribution in [1.82, 2.24) is 15.3 Å². The molecule has 1 amide bonds. The first-order chi connectivity index (χ1) is 15.2. The number of thiophene rings is 1. The highest BCUT2D eigenvalue weighted by molar-refractivity contribution is 7.20. The van der Waals surface area contributed by atoms with E-state index in [-0.39, 0.29) is 22.0 Å². The smallest absolute Gasteiger partial charge is 0.433 e. The van der Waals surface area contributed by atoms with Crippen LogP contribution in [0.15, 0.2) is 54.9 Å². The molecule has 0 aliphatic heterocycles. The van der Waals surface area contributed by atoms with Gasteiger partial charge in [0.2, 0.25) is 0 Å². The summed E-state index contributed by atoms with van der Waals surface area (Å²) in [7, 11) is 0. The Morgan fingerprint density at radius 1 is 1.19 bits per heavy atom. The maximum Gasteiger partial charge on any atom is 0.433 e. The van der Waals surface area contributed by atoms with Crippen LogP contribution in [0.2, 0.25) is 0 Å². The summed E-state index contributed by atoms with van der Waals surface area (Å²) in [6.45, 7) is 1.67. The fourth-order valence-corrected chi connectivity index (χ4v) is 4.10. The fraction of sp³-hybridized carbons (Fsp3) is 0.136. The molecule has 3 heterocycles. The molecule has 0 fully saturated rings. The van der Waals surface area contributed by atoms with Crippen LogP contribution in [0.5, 0.6) is 11.5 Å². The van der Waals surface area contributed by atoms with Crippen LogP contribution in [0.3, 0.4) is 0 Å². The van der Waals surface area contributed by atoms with E-state index in [2.05, 4.69) is 15.3 Å². The van der Waals surface area contributed by atoms with Crippen LogP contribution < -0.4 is 10.1 Å². The van der Waals surface area contributed by atoms with E-state index < -0.39 is 23.6 Å². The molecular weight excluding hydrogens is 446 g/mol. The first-order valence-corrected chi connectivity index (χ1v) is 10.2. The molecule has 0 saturated carbocycles. The maximum absolute atomic E-state index is 14.4. The second-order valence-corrected chi connectivity index (χ2v) is 7.84. The Bertz CT molecular complexity index is 1290. The molecule has 3 aromatic heterocycles. The second kappa shape index (κ2) is 8.54. The molecule has 0 aliphatic rings. The van der Waals surface area contributed by atoms with Crippen LogP contribution in [0.25, 0.3) is 10.2 Å². The molecular formula is C22H15F4N3O2S. The van der Waals surface area contributed by atoms with Gasteiger partial charge in [-0.05, 0) is 54.4 Å². The van der Waals surface area contributed by atoms with Gasteiger partial charge in [-0.15, -0.1) is 11.3 Å². The maximum atomic E-state index is 14.4. The van der Waals surface area contributed by atoms with Crippen LogP contribution >= 0.6 is 11.3 Å². The van der Waals surface area contributed by atoms with Gasteiger partial charge in [-0.1, -0.05) is 6.07 Å². The van der Waals surface area contributed by atoms with E-state index in [9.17, 15) is 22.4 Å². The number of nitrogens with zero attached hydrogens (tertiary/aromatic N) is 2. The number of ether oxygens (including phenoxy) is 1. The summed E-state index contributed by atoms with van der Waals surface area (Å²) in [5.74, 6) is -0.687. The van der Waals surface area contributed by atoms with Gasteiger partial charge >= 0.3 is 6.18 Å². The summed E-state index contributed by atoms with van der Waals surface area (Å²) < 4.78 is 58.5. The highest BCUT2D eigenvalue weighted by Gasteiger charge is 2.33. The van der Waals surface area contributed by atoms with Crippen LogP contribution in [-0.4, -0.2) is 15.9 Å². The minimum atomic E-state index is -4.56. The minimum Gasteiger partial charge on any atom is -0.453 e. The van der Waals surface area contributed by atoms with Crippen molar-refractivity contribution in [3.8, 4) is 11.5 Å². The number of benzene rings is 1. The SMILES string of the molecule is Cc1c(C(=O)NCc2ccc(Oc3cccnc3)c(F)c2)sc2nc(C(F)(F)F)ccc12.